The summed E-state index contributed by atoms with van der Waals surface area (Å²) in [6, 6.07) is 9.30. The molecule has 1 saturated heterocycles. The molecule has 25 heavy (non-hydrogen) atoms. The number of rotatable bonds is 4. The molecule has 2 N–H and O–H groups in total. The Morgan fingerprint density at radius 2 is 2.00 bits per heavy atom. The Balaban J connectivity index is 1.81. The standard InChI is InChI=1S/C17H19N7O/c18-11-13(16-20-22-23-21-16)12-19-15-8-4-3-7-14(15)17(25)24-9-5-1-2-6-10-24/h3-4,7-8,12,19H,1-2,5-6,9-10H2,(H,20,21,22,23). The molecule has 0 radical (unpaired) electrons. The zero-order chi connectivity index (χ0) is 17.5. The van der Waals surface area contributed by atoms with Crippen LogP contribution in [-0.4, -0.2) is 44.5 Å². The quantitative estimate of drug-likeness (QED) is 0.827. The Labute approximate surface area is 145 Å². The van der Waals surface area contributed by atoms with Crippen molar-refractivity contribution in [2.24, 2.45) is 0 Å². The van der Waals surface area contributed by atoms with Crippen LogP contribution >= 0.6 is 0 Å². The lowest BCUT2D eigenvalue weighted by molar-refractivity contribution is 0.0762. The number of anilines is 1. The van der Waals surface area contributed by atoms with Crippen LogP contribution in [0.5, 0.6) is 0 Å². The molecule has 2 aromatic rings. The van der Waals surface area contributed by atoms with Crippen molar-refractivity contribution in [3.05, 3.63) is 41.9 Å². The van der Waals surface area contributed by atoms with Gasteiger partial charge >= 0.3 is 0 Å². The van der Waals surface area contributed by atoms with Gasteiger partial charge in [0.25, 0.3) is 5.91 Å². The summed E-state index contributed by atoms with van der Waals surface area (Å²) in [5.74, 6) is 0.211. The third-order valence-corrected chi connectivity index (χ3v) is 4.13. The molecule has 128 valence electrons. The van der Waals surface area contributed by atoms with Gasteiger partial charge in [-0.2, -0.15) is 10.5 Å². The number of hydrogen-bond acceptors (Lipinski definition) is 6. The highest BCUT2D eigenvalue weighted by molar-refractivity contribution is 6.00. The number of likely N-dealkylation sites (tertiary alicyclic amines) is 1. The van der Waals surface area contributed by atoms with E-state index in [-0.39, 0.29) is 17.3 Å². The Hall–Kier alpha value is -3.21. The average molecular weight is 337 g/mol. The lowest BCUT2D eigenvalue weighted by atomic mass is 10.1. The van der Waals surface area contributed by atoms with E-state index in [0.717, 1.165) is 25.9 Å². The molecule has 2 heterocycles. The van der Waals surface area contributed by atoms with Gasteiger partial charge < -0.3 is 10.2 Å². The molecule has 1 aromatic heterocycles. The van der Waals surface area contributed by atoms with Gasteiger partial charge in [-0.1, -0.05) is 25.0 Å². The zero-order valence-electron chi connectivity index (χ0n) is 13.8. The summed E-state index contributed by atoms with van der Waals surface area (Å²) >= 11 is 0. The van der Waals surface area contributed by atoms with Gasteiger partial charge in [0.15, 0.2) is 0 Å². The second kappa shape index (κ2) is 8.06. The molecule has 8 heteroatoms. The van der Waals surface area contributed by atoms with Crippen molar-refractivity contribution < 1.29 is 4.79 Å². The fourth-order valence-corrected chi connectivity index (χ4v) is 2.81. The summed E-state index contributed by atoms with van der Waals surface area (Å²) in [6.07, 6.45) is 5.90. The number of tetrazole rings is 1. The third-order valence-electron chi connectivity index (χ3n) is 4.13. The lowest BCUT2D eigenvalue weighted by Gasteiger charge is -2.21. The van der Waals surface area contributed by atoms with E-state index in [1.54, 1.807) is 6.07 Å². The van der Waals surface area contributed by atoms with Gasteiger partial charge in [-0.3, -0.25) is 4.79 Å². The maximum Gasteiger partial charge on any atom is 0.255 e. The summed E-state index contributed by atoms with van der Waals surface area (Å²) in [4.78, 5) is 14.8. The molecular formula is C17H19N7O. The first-order valence-electron chi connectivity index (χ1n) is 8.28. The van der Waals surface area contributed by atoms with Gasteiger partial charge in [0, 0.05) is 19.3 Å². The van der Waals surface area contributed by atoms with E-state index in [1.165, 1.54) is 19.0 Å². The molecule has 8 nitrogen and oxygen atoms in total. The largest absolute Gasteiger partial charge is 0.360 e. The number of aromatic amines is 1. The predicted octanol–water partition coefficient (Wildman–Crippen LogP) is 2.19. The predicted molar refractivity (Wildman–Crippen MR) is 92.2 cm³/mol. The number of H-pyrrole nitrogens is 1. The minimum absolute atomic E-state index is 0.0106. The first-order chi connectivity index (χ1) is 12.3. The Bertz CT molecular complexity index is 784. The average Bonchev–Trinajstić information content (AvgIpc) is 3.04. The van der Waals surface area contributed by atoms with Crippen molar-refractivity contribution in [1.29, 1.82) is 5.26 Å². The first-order valence-corrected chi connectivity index (χ1v) is 8.28. The van der Waals surface area contributed by atoms with Gasteiger partial charge in [-0.15, -0.1) is 10.2 Å². The normalized spacial score (nSPS) is 15.3. The van der Waals surface area contributed by atoms with E-state index in [0.29, 0.717) is 11.3 Å². The topological polar surface area (TPSA) is 111 Å². The Morgan fingerprint density at radius 1 is 1.24 bits per heavy atom. The second-order valence-electron chi connectivity index (χ2n) is 5.80. The fourth-order valence-electron chi connectivity index (χ4n) is 2.81. The highest BCUT2D eigenvalue weighted by Gasteiger charge is 2.19. The smallest absolute Gasteiger partial charge is 0.255 e. The van der Waals surface area contributed by atoms with Gasteiger partial charge in [-0.25, -0.2) is 0 Å². The van der Waals surface area contributed by atoms with Crippen LogP contribution in [0.15, 0.2) is 30.5 Å². The minimum atomic E-state index is 0.0106. The van der Waals surface area contributed by atoms with Gasteiger partial charge in [0.1, 0.15) is 11.6 Å². The van der Waals surface area contributed by atoms with E-state index in [2.05, 4.69) is 25.9 Å². The number of nitrogens with zero attached hydrogens (tertiary/aromatic N) is 5. The zero-order valence-corrected chi connectivity index (χ0v) is 13.8. The fraction of sp³-hybridized carbons (Fsp3) is 0.353. The summed E-state index contributed by atoms with van der Waals surface area (Å²) < 4.78 is 0. The van der Waals surface area contributed by atoms with Crippen molar-refractivity contribution in [2.75, 3.05) is 18.4 Å². The van der Waals surface area contributed by atoms with E-state index >= 15 is 0 Å². The van der Waals surface area contributed by atoms with Crippen molar-refractivity contribution in [3.8, 4) is 6.07 Å². The lowest BCUT2D eigenvalue weighted by Crippen LogP contribution is -2.32. The molecule has 0 bridgehead atoms. The Morgan fingerprint density at radius 3 is 2.68 bits per heavy atom. The maximum absolute atomic E-state index is 12.9. The molecule has 0 saturated carbocycles. The van der Waals surface area contributed by atoms with Gasteiger partial charge in [0.05, 0.1) is 11.3 Å². The molecule has 0 aliphatic carbocycles. The molecule has 1 aliphatic rings. The number of para-hydroxylation sites is 1. The summed E-state index contributed by atoms with van der Waals surface area (Å²) in [5, 5.41) is 25.6. The summed E-state index contributed by atoms with van der Waals surface area (Å²) in [7, 11) is 0. The molecule has 0 spiro atoms. The molecule has 1 amide bonds. The molecule has 0 unspecified atom stereocenters. The summed E-state index contributed by atoms with van der Waals surface area (Å²) in [6.45, 7) is 1.57. The molecular weight excluding hydrogens is 318 g/mol. The molecule has 0 atom stereocenters. The molecule has 1 aromatic carbocycles. The SMILES string of the molecule is N#CC(=CNc1ccccc1C(=O)N1CCCCCC1)c1nn[nH]n1. The number of allylic oxidation sites excluding steroid dienone is 1. The summed E-state index contributed by atoms with van der Waals surface area (Å²) in [5.41, 5.74) is 1.46. The van der Waals surface area contributed by atoms with Crippen LogP contribution < -0.4 is 5.32 Å². The van der Waals surface area contributed by atoms with Gasteiger partial charge in [0.2, 0.25) is 5.82 Å². The van der Waals surface area contributed by atoms with Crippen LogP contribution in [0.1, 0.15) is 41.9 Å². The van der Waals surface area contributed by atoms with Crippen LogP contribution in [0, 0.1) is 11.3 Å². The monoisotopic (exact) mass is 337 g/mol. The highest BCUT2D eigenvalue weighted by Crippen LogP contribution is 2.20. The van der Waals surface area contributed by atoms with Crippen LogP contribution in [0.2, 0.25) is 0 Å². The Kier molecular flexibility index (Phi) is 5.36. The van der Waals surface area contributed by atoms with Gasteiger partial charge in [-0.05, 0) is 30.2 Å². The highest BCUT2D eigenvalue weighted by atomic mass is 16.2. The molecule has 1 aliphatic heterocycles. The number of amides is 1. The molecule has 1 fully saturated rings. The number of benzene rings is 1. The third kappa shape index (κ3) is 4.01. The van der Waals surface area contributed by atoms with Crippen molar-refractivity contribution >= 4 is 17.2 Å². The van der Waals surface area contributed by atoms with Crippen molar-refractivity contribution in [2.45, 2.75) is 25.7 Å². The number of carbonyl (C=O) groups excluding carboxylic acids is 1. The van der Waals surface area contributed by atoms with E-state index in [1.807, 2.05) is 29.2 Å². The van der Waals surface area contributed by atoms with Crippen molar-refractivity contribution in [3.63, 3.8) is 0 Å². The molecule has 3 rings (SSSR count). The van der Waals surface area contributed by atoms with Crippen LogP contribution in [0.4, 0.5) is 5.69 Å². The first kappa shape index (κ1) is 16.6. The van der Waals surface area contributed by atoms with Crippen LogP contribution in [-0.2, 0) is 0 Å². The van der Waals surface area contributed by atoms with E-state index in [9.17, 15) is 10.1 Å². The number of nitriles is 1. The number of hydrogen-bond donors (Lipinski definition) is 2. The van der Waals surface area contributed by atoms with E-state index < -0.39 is 0 Å². The second-order valence-corrected chi connectivity index (χ2v) is 5.80. The maximum atomic E-state index is 12.9. The van der Waals surface area contributed by atoms with E-state index in [4.69, 9.17) is 0 Å². The van der Waals surface area contributed by atoms with Crippen molar-refractivity contribution in [1.82, 2.24) is 25.5 Å². The van der Waals surface area contributed by atoms with Crippen LogP contribution in [0.3, 0.4) is 0 Å². The number of carbonyl (C=O) groups is 1. The number of nitrogens with one attached hydrogen (secondary N) is 2. The minimum Gasteiger partial charge on any atom is -0.360 e. The number of aromatic nitrogens is 4. The van der Waals surface area contributed by atoms with Crippen LogP contribution in [0.25, 0.3) is 5.57 Å².